The van der Waals surface area contributed by atoms with Crippen molar-refractivity contribution in [2.75, 3.05) is 13.7 Å². The summed E-state index contributed by atoms with van der Waals surface area (Å²) in [5.41, 5.74) is 0. The van der Waals surface area contributed by atoms with E-state index in [-0.39, 0.29) is 12.0 Å². The summed E-state index contributed by atoms with van der Waals surface area (Å²) >= 11 is 0. The molecule has 0 radical (unpaired) electrons. The summed E-state index contributed by atoms with van der Waals surface area (Å²) in [4.78, 5) is 11.9. The number of hydrogen-bond acceptors (Lipinski definition) is 3. The van der Waals surface area contributed by atoms with Crippen molar-refractivity contribution in [1.29, 1.82) is 0 Å². The lowest BCUT2D eigenvalue weighted by Gasteiger charge is -2.40. The van der Waals surface area contributed by atoms with Crippen LogP contribution in [0.25, 0.3) is 0 Å². The van der Waals surface area contributed by atoms with Gasteiger partial charge in [-0.2, -0.15) is 0 Å². The van der Waals surface area contributed by atoms with E-state index in [1.54, 1.807) is 0 Å². The van der Waals surface area contributed by atoms with Crippen molar-refractivity contribution in [2.45, 2.75) is 57.4 Å². The molecule has 3 atom stereocenters. The Balaban J connectivity index is 1.63. The second kappa shape index (κ2) is 5.82. The van der Waals surface area contributed by atoms with Gasteiger partial charge in [0.25, 0.3) is 0 Å². The highest BCUT2D eigenvalue weighted by Gasteiger charge is 2.45. The third kappa shape index (κ3) is 2.96. The summed E-state index contributed by atoms with van der Waals surface area (Å²) in [5, 5.41) is 3.51. The van der Waals surface area contributed by atoms with Gasteiger partial charge in [0.05, 0.1) is 7.11 Å². The molecule has 3 heteroatoms. The molecule has 19 heavy (non-hydrogen) atoms. The van der Waals surface area contributed by atoms with Gasteiger partial charge in [0.1, 0.15) is 6.04 Å². The maximum atomic E-state index is 11.9. The van der Waals surface area contributed by atoms with Crippen LogP contribution in [0.3, 0.4) is 0 Å². The standard InChI is InChI=1S/C16H27NO2/c1-19-16(18)15-14(12-7-8-12)9-13(10-17-15)11-5-3-2-4-6-11/h11-15,17H,2-10H2,1H3. The molecule has 0 spiro atoms. The van der Waals surface area contributed by atoms with E-state index in [0.29, 0.717) is 5.92 Å². The third-order valence-corrected chi connectivity index (χ3v) is 5.60. The number of carbonyl (C=O) groups excluding carboxylic acids is 1. The van der Waals surface area contributed by atoms with Crippen LogP contribution in [-0.4, -0.2) is 25.7 Å². The minimum atomic E-state index is -0.0426. The Bertz CT molecular complexity index is 321. The van der Waals surface area contributed by atoms with E-state index in [2.05, 4.69) is 5.32 Å². The summed E-state index contributed by atoms with van der Waals surface area (Å²) in [7, 11) is 1.52. The van der Waals surface area contributed by atoms with E-state index < -0.39 is 0 Å². The molecule has 0 aromatic rings. The van der Waals surface area contributed by atoms with Crippen molar-refractivity contribution in [3.8, 4) is 0 Å². The van der Waals surface area contributed by atoms with Gasteiger partial charge in [-0.05, 0) is 49.5 Å². The van der Waals surface area contributed by atoms with Crippen LogP contribution in [0.2, 0.25) is 0 Å². The maximum Gasteiger partial charge on any atom is 0.323 e. The lowest BCUT2D eigenvalue weighted by atomic mass is 9.71. The van der Waals surface area contributed by atoms with Crippen LogP contribution < -0.4 is 5.32 Å². The highest BCUT2D eigenvalue weighted by Crippen LogP contribution is 2.46. The predicted octanol–water partition coefficient (Wildman–Crippen LogP) is 2.74. The average molecular weight is 265 g/mol. The first-order valence-electron chi connectivity index (χ1n) is 8.11. The van der Waals surface area contributed by atoms with Crippen LogP contribution in [-0.2, 0) is 9.53 Å². The van der Waals surface area contributed by atoms with Crippen LogP contribution in [0, 0.1) is 23.7 Å². The first-order chi connectivity index (χ1) is 9.29. The number of rotatable bonds is 3. The van der Waals surface area contributed by atoms with Crippen LogP contribution in [0.5, 0.6) is 0 Å². The molecule has 1 heterocycles. The van der Waals surface area contributed by atoms with E-state index in [9.17, 15) is 4.79 Å². The topological polar surface area (TPSA) is 38.3 Å². The minimum absolute atomic E-state index is 0.0302. The van der Waals surface area contributed by atoms with Gasteiger partial charge in [0, 0.05) is 0 Å². The Hall–Kier alpha value is -0.570. The largest absolute Gasteiger partial charge is 0.468 e. The van der Waals surface area contributed by atoms with Gasteiger partial charge in [-0.3, -0.25) is 4.79 Å². The minimum Gasteiger partial charge on any atom is -0.468 e. The summed E-state index contributed by atoms with van der Waals surface area (Å²) in [6.07, 6.45) is 11.0. The zero-order chi connectivity index (χ0) is 13.2. The molecule has 108 valence electrons. The van der Waals surface area contributed by atoms with Crippen LogP contribution in [0.15, 0.2) is 0 Å². The second-order valence-corrected chi connectivity index (χ2v) is 6.80. The molecule has 0 bridgehead atoms. The van der Waals surface area contributed by atoms with Crippen LogP contribution in [0.1, 0.15) is 51.4 Å². The number of esters is 1. The second-order valence-electron chi connectivity index (χ2n) is 6.80. The number of carbonyl (C=O) groups is 1. The molecule has 0 amide bonds. The molecule has 2 saturated carbocycles. The summed E-state index contributed by atoms with van der Waals surface area (Å²) in [6, 6.07) is -0.0302. The van der Waals surface area contributed by atoms with Gasteiger partial charge < -0.3 is 10.1 Å². The fourth-order valence-electron chi connectivity index (χ4n) is 4.34. The number of piperidine rings is 1. The van der Waals surface area contributed by atoms with E-state index >= 15 is 0 Å². The Morgan fingerprint density at radius 3 is 2.37 bits per heavy atom. The van der Waals surface area contributed by atoms with Crippen molar-refractivity contribution in [1.82, 2.24) is 5.32 Å². The molecular formula is C16H27NO2. The molecule has 3 rings (SSSR count). The molecule has 3 fully saturated rings. The average Bonchev–Trinajstić information content (AvgIpc) is 3.31. The molecule has 3 unspecified atom stereocenters. The smallest absolute Gasteiger partial charge is 0.323 e. The highest BCUT2D eigenvalue weighted by atomic mass is 16.5. The molecule has 2 aliphatic carbocycles. The van der Waals surface area contributed by atoms with Crippen LogP contribution in [0.4, 0.5) is 0 Å². The maximum absolute atomic E-state index is 11.9. The zero-order valence-corrected chi connectivity index (χ0v) is 12.1. The van der Waals surface area contributed by atoms with Crippen LogP contribution >= 0.6 is 0 Å². The van der Waals surface area contributed by atoms with Crippen molar-refractivity contribution < 1.29 is 9.53 Å². The van der Waals surface area contributed by atoms with Gasteiger partial charge in [-0.1, -0.05) is 32.1 Å². The highest BCUT2D eigenvalue weighted by molar-refractivity contribution is 5.76. The number of hydrogen-bond donors (Lipinski definition) is 1. The van der Waals surface area contributed by atoms with Gasteiger partial charge in [-0.25, -0.2) is 0 Å². The third-order valence-electron chi connectivity index (χ3n) is 5.60. The molecular weight excluding hydrogens is 238 g/mol. The SMILES string of the molecule is COC(=O)C1NCC(C2CCCCC2)CC1C1CC1. The molecule has 1 aliphatic heterocycles. The monoisotopic (exact) mass is 265 g/mol. The first-order valence-corrected chi connectivity index (χ1v) is 8.11. The Morgan fingerprint density at radius 2 is 1.74 bits per heavy atom. The molecule has 3 aliphatic rings. The lowest BCUT2D eigenvalue weighted by molar-refractivity contribution is -0.146. The Kier molecular flexibility index (Phi) is 4.11. The van der Waals surface area contributed by atoms with E-state index in [0.717, 1.165) is 24.3 Å². The number of methoxy groups -OCH3 is 1. The first kappa shape index (κ1) is 13.4. The van der Waals surface area contributed by atoms with E-state index in [1.807, 2.05) is 0 Å². The zero-order valence-electron chi connectivity index (χ0n) is 12.1. The van der Waals surface area contributed by atoms with E-state index in [4.69, 9.17) is 4.74 Å². The summed E-state index contributed by atoms with van der Waals surface area (Å²) < 4.78 is 4.98. The predicted molar refractivity (Wildman–Crippen MR) is 74.7 cm³/mol. The quantitative estimate of drug-likeness (QED) is 0.797. The van der Waals surface area contributed by atoms with Crippen molar-refractivity contribution >= 4 is 5.97 Å². The summed E-state index contributed by atoms with van der Waals surface area (Å²) in [6.45, 7) is 1.02. The van der Waals surface area contributed by atoms with Gasteiger partial charge in [0.15, 0.2) is 0 Å². The molecule has 3 nitrogen and oxygen atoms in total. The molecule has 0 aromatic heterocycles. The fraction of sp³-hybridized carbons (Fsp3) is 0.938. The van der Waals surface area contributed by atoms with Gasteiger partial charge in [0.2, 0.25) is 0 Å². The van der Waals surface area contributed by atoms with Gasteiger partial charge >= 0.3 is 5.97 Å². The van der Waals surface area contributed by atoms with Crippen molar-refractivity contribution in [3.63, 3.8) is 0 Å². The fourth-order valence-corrected chi connectivity index (χ4v) is 4.34. The Labute approximate surface area is 116 Å². The molecule has 1 saturated heterocycles. The van der Waals surface area contributed by atoms with E-state index in [1.165, 1.54) is 58.5 Å². The Morgan fingerprint density at radius 1 is 1.00 bits per heavy atom. The molecule has 0 aromatic carbocycles. The number of nitrogens with one attached hydrogen (secondary N) is 1. The molecule has 1 N–H and O–H groups in total. The van der Waals surface area contributed by atoms with Crippen molar-refractivity contribution in [2.24, 2.45) is 23.7 Å². The van der Waals surface area contributed by atoms with Crippen molar-refractivity contribution in [3.05, 3.63) is 0 Å². The normalized spacial score (nSPS) is 37.0. The number of ether oxygens (including phenoxy) is 1. The van der Waals surface area contributed by atoms with Gasteiger partial charge in [-0.15, -0.1) is 0 Å². The summed E-state index contributed by atoms with van der Waals surface area (Å²) in [5.74, 6) is 2.98. The lowest BCUT2D eigenvalue weighted by Crippen LogP contribution is -2.52.